The summed E-state index contributed by atoms with van der Waals surface area (Å²) in [5, 5.41) is 7.53. The van der Waals surface area contributed by atoms with Gasteiger partial charge >= 0.3 is 5.97 Å². The summed E-state index contributed by atoms with van der Waals surface area (Å²) in [5.74, 6) is -0.0409. The van der Waals surface area contributed by atoms with Crippen molar-refractivity contribution in [1.82, 2.24) is 15.1 Å². The zero-order chi connectivity index (χ0) is 13.7. The van der Waals surface area contributed by atoms with Crippen LogP contribution in [0.5, 0.6) is 0 Å². The van der Waals surface area contributed by atoms with E-state index in [4.69, 9.17) is 4.74 Å². The summed E-state index contributed by atoms with van der Waals surface area (Å²) in [4.78, 5) is 11.7. The van der Waals surface area contributed by atoms with Crippen LogP contribution in [0.25, 0.3) is 0 Å². The van der Waals surface area contributed by atoms with Crippen molar-refractivity contribution in [3.8, 4) is 0 Å². The minimum absolute atomic E-state index is 0.0665. The van der Waals surface area contributed by atoms with Crippen molar-refractivity contribution in [3.05, 3.63) is 18.0 Å². The van der Waals surface area contributed by atoms with E-state index in [0.717, 1.165) is 12.1 Å². The SMILES string of the molecule is CCn1cc(C(C)NC(C(=O)OC)C(C)C)cn1. The van der Waals surface area contributed by atoms with Crippen LogP contribution in [0.1, 0.15) is 39.3 Å². The maximum absolute atomic E-state index is 11.7. The highest BCUT2D eigenvalue weighted by molar-refractivity contribution is 5.76. The van der Waals surface area contributed by atoms with Crippen molar-refractivity contribution in [2.24, 2.45) is 5.92 Å². The van der Waals surface area contributed by atoms with Crippen molar-refractivity contribution in [1.29, 1.82) is 0 Å². The lowest BCUT2D eigenvalue weighted by atomic mass is 10.0. The molecule has 5 nitrogen and oxygen atoms in total. The van der Waals surface area contributed by atoms with E-state index in [0.29, 0.717) is 0 Å². The number of rotatable bonds is 6. The van der Waals surface area contributed by atoms with Gasteiger partial charge in [-0.2, -0.15) is 5.10 Å². The fourth-order valence-corrected chi connectivity index (χ4v) is 1.80. The molecule has 2 unspecified atom stereocenters. The predicted molar refractivity (Wildman–Crippen MR) is 70.1 cm³/mol. The quantitative estimate of drug-likeness (QED) is 0.785. The predicted octanol–water partition coefficient (Wildman–Crippen LogP) is 1.75. The molecule has 0 aliphatic carbocycles. The van der Waals surface area contributed by atoms with Gasteiger partial charge < -0.3 is 4.74 Å². The van der Waals surface area contributed by atoms with Gasteiger partial charge in [0.25, 0.3) is 0 Å². The Morgan fingerprint density at radius 3 is 2.61 bits per heavy atom. The van der Waals surface area contributed by atoms with Crippen molar-refractivity contribution in [2.45, 2.75) is 46.3 Å². The topological polar surface area (TPSA) is 56.2 Å². The number of carbonyl (C=O) groups excluding carboxylic acids is 1. The second-order valence-corrected chi connectivity index (χ2v) is 4.76. The molecule has 0 spiro atoms. The molecule has 1 aromatic heterocycles. The number of methoxy groups -OCH3 is 1. The largest absolute Gasteiger partial charge is 0.468 e. The highest BCUT2D eigenvalue weighted by Gasteiger charge is 2.25. The van der Waals surface area contributed by atoms with Crippen LogP contribution in [0.2, 0.25) is 0 Å². The van der Waals surface area contributed by atoms with Crippen molar-refractivity contribution < 1.29 is 9.53 Å². The summed E-state index contributed by atoms with van der Waals surface area (Å²) >= 11 is 0. The van der Waals surface area contributed by atoms with Gasteiger partial charge in [-0.15, -0.1) is 0 Å². The molecule has 0 saturated heterocycles. The van der Waals surface area contributed by atoms with Gasteiger partial charge in [0.15, 0.2) is 0 Å². The Balaban J connectivity index is 2.71. The van der Waals surface area contributed by atoms with E-state index in [1.54, 1.807) is 0 Å². The van der Waals surface area contributed by atoms with Crippen LogP contribution in [0.15, 0.2) is 12.4 Å². The number of aryl methyl sites for hydroxylation is 1. The molecule has 0 aliphatic heterocycles. The first-order valence-electron chi connectivity index (χ1n) is 6.35. The van der Waals surface area contributed by atoms with E-state index >= 15 is 0 Å². The van der Waals surface area contributed by atoms with E-state index in [9.17, 15) is 4.79 Å². The third-order valence-electron chi connectivity index (χ3n) is 3.03. The van der Waals surface area contributed by atoms with Crippen molar-refractivity contribution in [2.75, 3.05) is 7.11 Å². The number of esters is 1. The van der Waals surface area contributed by atoms with Gasteiger partial charge in [-0.25, -0.2) is 0 Å². The Hall–Kier alpha value is -1.36. The van der Waals surface area contributed by atoms with E-state index in [-0.39, 0.29) is 24.0 Å². The van der Waals surface area contributed by atoms with Crippen LogP contribution in [-0.2, 0) is 16.1 Å². The van der Waals surface area contributed by atoms with E-state index in [1.807, 2.05) is 44.8 Å². The van der Waals surface area contributed by atoms with Gasteiger partial charge in [0.1, 0.15) is 6.04 Å². The van der Waals surface area contributed by atoms with Gasteiger partial charge in [-0.3, -0.25) is 14.8 Å². The molecule has 0 aromatic carbocycles. The maximum atomic E-state index is 11.7. The second-order valence-electron chi connectivity index (χ2n) is 4.76. The first kappa shape index (κ1) is 14.7. The third-order valence-corrected chi connectivity index (χ3v) is 3.03. The first-order valence-corrected chi connectivity index (χ1v) is 6.35. The average molecular weight is 253 g/mol. The molecule has 0 aliphatic rings. The number of nitrogens with zero attached hydrogens (tertiary/aromatic N) is 2. The molecule has 1 rings (SSSR count). The fourth-order valence-electron chi connectivity index (χ4n) is 1.80. The molecule has 1 heterocycles. The summed E-state index contributed by atoms with van der Waals surface area (Å²) in [7, 11) is 1.42. The highest BCUT2D eigenvalue weighted by Crippen LogP contribution is 2.15. The minimum atomic E-state index is -0.296. The Morgan fingerprint density at radius 2 is 2.17 bits per heavy atom. The highest BCUT2D eigenvalue weighted by atomic mass is 16.5. The summed E-state index contributed by atoms with van der Waals surface area (Å²) in [6.07, 6.45) is 3.82. The van der Waals surface area contributed by atoms with Crippen LogP contribution < -0.4 is 5.32 Å². The van der Waals surface area contributed by atoms with Crippen molar-refractivity contribution in [3.63, 3.8) is 0 Å². The number of hydrogen-bond acceptors (Lipinski definition) is 4. The normalized spacial score (nSPS) is 14.6. The van der Waals surface area contributed by atoms with Gasteiger partial charge in [0.05, 0.1) is 13.3 Å². The molecule has 5 heteroatoms. The fraction of sp³-hybridized carbons (Fsp3) is 0.692. The van der Waals surface area contributed by atoms with Crippen LogP contribution in [0.4, 0.5) is 0 Å². The molecule has 0 bridgehead atoms. The minimum Gasteiger partial charge on any atom is -0.468 e. The van der Waals surface area contributed by atoms with Crippen LogP contribution in [0.3, 0.4) is 0 Å². The standard InChI is InChI=1S/C13H23N3O2/c1-6-16-8-11(7-14-16)10(4)15-12(9(2)3)13(17)18-5/h7-10,12,15H,6H2,1-5H3. The zero-order valence-electron chi connectivity index (χ0n) is 11.8. The Labute approximate surface area is 109 Å². The molecule has 0 fully saturated rings. The molecule has 1 aromatic rings. The molecule has 18 heavy (non-hydrogen) atoms. The smallest absolute Gasteiger partial charge is 0.323 e. The van der Waals surface area contributed by atoms with Crippen LogP contribution in [-0.4, -0.2) is 28.9 Å². The Morgan fingerprint density at radius 1 is 1.50 bits per heavy atom. The molecule has 2 atom stereocenters. The molecule has 1 N–H and O–H groups in total. The Bertz CT molecular complexity index is 387. The number of aromatic nitrogens is 2. The molecular weight excluding hydrogens is 230 g/mol. The van der Waals surface area contributed by atoms with Crippen molar-refractivity contribution >= 4 is 5.97 Å². The number of hydrogen-bond donors (Lipinski definition) is 1. The summed E-state index contributed by atoms with van der Waals surface area (Å²) in [6, 6.07) is -0.230. The van der Waals surface area contributed by atoms with Gasteiger partial charge in [-0.05, 0) is 19.8 Å². The zero-order valence-corrected chi connectivity index (χ0v) is 11.8. The van der Waals surface area contributed by atoms with E-state index < -0.39 is 0 Å². The Kier molecular flexibility index (Phi) is 5.34. The lowest BCUT2D eigenvalue weighted by molar-refractivity contribution is -0.144. The number of nitrogens with one attached hydrogen (secondary N) is 1. The summed E-state index contributed by atoms with van der Waals surface area (Å²) in [5.41, 5.74) is 1.08. The third kappa shape index (κ3) is 3.57. The molecule has 0 radical (unpaired) electrons. The van der Waals surface area contributed by atoms with Crippen LogP contribution >= 0.6 is 0 Å². The van der Waals surface area contributed by atoms with Crippen LogP contribution in [0, 0.1) is 5.92 Å². The first-order chi connectivity index (χ1) is 8.49. The van der Waals surface area contributed by atoms with E-state index in [1.165, 1.54) is 7.11 Å². The summed E-state index contributed by atoms with van der Waals surface area (Å²) in [6.45, 7) is 8.90. The molecule has 0 amide bonds. The summed E-state index contributed by atoms with van der Waals surface area (Å²) < 4.78 is 6.69. The van der Waals surface area contributed by atoms with Gasteiger partial charge in [0.2, 0.25) is 0 Å². The second kappa shape index (κ2) is 6.54. The number of ether oxygens (including phenoxy) is 1. The lowest BCUT2D eigenvalue weighted by Crippen LogP contribution is -2.42. The van der Waals surface area contributed by atoms with E-state index in [2.05, 4.69) is 10.4 Å². The monoisotopic (exact) mass is 253 g/mol. The lowest BCUT2D eigenvalue weighted by Gasteiger charge is -2.23. The number of carbonyl (C=O) groups is 1. The average Bonchev–Trinajstić information content (AvgIpc) is 2.83. The molecule has 102 valence electrons. The molecule has 0 saturated carbocycles. The maximum Gasteiger partial charge on any atom is 0.323 e. The molecular formula is C13H23N3O2. The van der Waals surface area contributed by atoms with Gasteiger partial charge in [0, 0.05) is 24.3 Å². The van der Waals surface area contributed by atoms with Gasteiger partial charge in [-0.1, -0.05) is 13.8 Å².